The van der Waals surface area contributed by atoms with Gasteiger partial charge in [-0.05, 0) is 42.3 Å². The summed E-state index contributed by atoms with van der Waals surface area (Å²) in [5, 5.41) is 7.61. The summed E-state index contributed by atoms with van der Waals surface area (Å²) >= 11 is 0. The highest BCUT2D eigenvalue weighted by Crippen LogP contribution is 2.25. The Balaban J connectivity index is 1.53. The Hall–Kier alpha value is -3.87. The Morgan fingerprint density at radius 3 is 2.45 bits per heavy atom. The number of anilines is 1. The molecule has 0 bridgehead atoms. The zero-order chi connectivity index (χ0) is 22.0. The highest BCUT2D eigenvalue weighted by atomic mass is 16.5. The number of amides is 2. The van der Waals surface area contributed by atoms with Gasteiger partial charge in [-0.2, -0.15) is 0 Å². The first-order valence-corrected chi connectivity index (χ1v) is 10.1. The first-order valence-electron chi connectivity index (χ1n) is 10.1. The summed E-state index contributed by atoms with van der Waals surface area (Å²) < 4.78 is 5.13. The lowest BCUT2D eigenvalue weighted by Crippen LogP contribution is -2.47. The molecule has 0 radical (unpaired) electrons. The number of aromatic amines is 1. The maximum atomic E-state index is 12.9. The number of benzene rings is 2. The van der Waals surface area contributed by atoms with Crippen molar-refractivity contribution in [1.82, 2.24) is 15.3 Å². The molecule has 0 fully saturated rings. The van der Waals surface area contributed by atoms with Gasteiger partial charge in [0.05, 0.1) is 18.8 Å². The van der Waals surface area contributed by atoms with E-state index >= 15 is 0 Å². The standard InChI is InChI=1S/C24H24N4O3/c1-14(2)22(24(30)26-15-8-10-16(31-3)11-9-15)28-23(29)20-12-18-17-6-4-5-7-19(17)27-21(18)13-25-20/h4-14,22,27H,1-3H3,(H,26,30)(H,28,29). The highest BCUT2D eigenvalue weighted by Gasteiger charge is 2.25. The van der Waals surface area contributed by atoms with E-state index < -0.39 is 11.9 Å². The number of aromatic nitrogens is 2. The summed E-state index contributed by atoms with van der Waals surface area (Å²) in [6.07, 6.45) is 1.64. The third-order valence-corrected chi connectivity index (χ3v) is 5.22. The van der Waals surface area contributed by atoms with Crippen molar-refractivity contribution in [1.29, 1.82) is 0 Å². The molecule has 31 heavy (non-hydrogen) atoms. The quantitative estimate of drug-likeness (QED) is 0.441. The molecule has 0 aliphatic carbocycles. The van der Waals surface area contributed by atoms with Crippen LogP contribution in [0.4, 0.5) is 5.69 Å². The number of hydrogen-bond donors (Lipinski definition) is 3. The molecule has 2 amide bonds. The Labute approximate surface area is 179 Å². The normalized spacial score (nSPS) is 12.1. The molecule has 1 atom stereocenters. The largest absolute Gasteiger partial charge is 0.497 e. The predicted octanol–water partition coefficient (Wildman–Crippen LogP) is 4.12. The molecule has 1 unspecified atom stereocenters. The molecule has 7 nitrogen and oxygen atoms in total. The Morgan fingerprint density at radius 2 is 1.74 bits per heavy atom. The number of hydrogen-bond acceptors (Lipinski definition) is 4. The van der Waals surface area contributed by atoms with Crippen LogP contribution in [0, 0.1) is 5.92 Å². The Bertz CT molecular complexity index is 1240. The lowest BCUT2D eigenvalue weighted by molar-refractivity contribution is -0.118. The van der Waals surface area contributed by atoms with E-state index in [1.807, 2.05) is 38.1 Å². The topological polar surface area (TPSA) is 96.1 Å². The predicted molar refractivity (Wildman–Crippen MR) is 121 cm³/mol. The molecule has 0 saturated heterocycles. The number of para-hydroxylation sites is 1. The van der Waals surface area contributed by atoms with Gasteiger partial charge in [-0.25, -0.2) is 4.98 Å². The summed E-state index contributed by atoms with van der Waals surface area (Å²) in [6.45, 7) is 3.77. The second kappa shape index (κ2) is 8.47. The fourth-order valence-corrected chi connectivity index (χ4v) is 3.52. The second-order valence-corrected chi connectivity index (χ2v) is 7.70. The second-order valence-electron chi connectivity index (χ2n) is 7.70. The summed E-state index contributed by atoms with van der Waals surface area (Å²) in [6, 6.07) is 15.9. The lowest BCUT2D eigenvalue weighted by atomic mass is 10.0. The van der Waals surface area contributed by atoms with Crippen molar-refractivity contribution >= 4 is 39.3 Å². The Kier molecular flexibility index (Phi) is 5.58. The number of ether oxygens (including phenoxy) is 1. The van der Waals surface area contributed by atoms with Gasteiger partial charge >= 0.3 is 0 Å². The molecule has 2 aromatic carbocycles. The van der Waals surface area contributed by atoms with Crippen LogP contribution in [0.1, 0.15) is 24.3 Å². The first-order chi connectivity index (χ1) is 15.0. The van der Waals surface area contributed by atoms with E-state index in [-0.39, 0.29) is 17.5 Å². The molecule has 0 aliphatic heterocycles. The van der Waals surface area contributed by atoms with Gasteiger partial charge in [0.2, 0.25) is 5.91 Å². The number of fused-ring (bicyclic) bond motifs is 3. The van der Waals surface area contributed by atoms with Crippen LogP contribution in [-0.2, 0) is 4.79 Å². The van der Waals surface area contributed by atoms with E-state index in [1.54, 1.807) is 43.6 Å². The fraction of sp³-hybridized carbons (Fsp3) is 0.208. The minimum atomic E-state index is -0.713. The molecule has 0 aliphatic rings. The summed E-state index contributed by atoms with van der Waals surface area (Å²) in [5.41, 5.74) is 2.73. The third-order valence-electron chi connectivity index (χ3n) is 5.22. The van der Waals surface area contributed by atoms with Crippen LogP contribution < -0.4 is 15.4 Å². The van der Waals surface area contributed by atoms with Crippen molar-refractivity contribution in [3.8, 4) is 5.75 Å². The van der Waals surface area contributed by atoms with Crippen LogP contribution >= 0.6 is 0 Å². The van der Waals surface area contributed by atoms with Gasteiger partial charge in [-0.1, -0.05) is 32.0 Å². The van der Waals surface area contributed by atoms with E-state index in [0.717, 1.165) is 21.8 Å². The van der Waals surface area contributed by atoms with Gasteiger partial charge in [-0.3, -0.25) is 9.59 Å². The number of carbonyl (C=O) groups is 2. The van der Waals surface area contributed by atoms with Gasteiger partial charge in [0.15, 0.2) is 0 Å². The van der Waals surface area contributed by atoms with Crippen molar-refractivity contribution in [2.24, 2.45) is 5.92 Å². The van der Waals surface area contributed by atoms with E-state index in [0.29, 0.717) is 11.4 Å². The van der Waals surface area contributed by atoms with Gasteiger partial charge < -0.3 is 20.4 Å². The maximum absolute atomic E-state index is 12.9. The fourth-order valence-electron chi connectivity index (χ4n) is 3.52. The van der Waals surface area contributed by atoms with Crippen LogP contribution in [0.15, 0.2) is 60.8 Å². The molecule has 7 heteroatoms. The van der Waals surface area contributed by atoms with E-state index in [9.17, 15) is 9.59 Å². The molecule has 158 valence electrons. The van der Waals surface area contributed by atoms with Crippen LogP contribution in [-0.4, -0.2) is 34.9 Å². The number of rotatable bonds is 6. The van der Waals surface area contributed by atoms with Crippen LogP contribution in [0.25, 0.3) is 21.8 Å². The Morgan fingerprint density at radius 1 is 1.00 bits per heavy atom. The molecular weight excluding hydrogens is 392 g/mol. The number of pyridine rings is 1. The minimum absolute atomic E-state index is 0.112. The number of methoxy groups -OCH3 is 1. The molecule has 4 rings (SSSR count). The molecule has 4 aromatic rings. The van der Waals surface area contributed by atoms with E-state index in [2.05, 4.69) is 20.6 Å². The van der Waals surface area contributed by atoms with Crippen molar-refractivity contribution in [2.75, 3.05) is 12.4 Å². The van der Waals surface area contributed by atoms with Gasteiger partial charge in [0, 0.05) is 22.0 Å². The number of H-pyrrole nitrogens is 1. The third kappa shape index (κ3) is 4.21. The van der Waals surface area contributed by atoms with Crippen LogP contribution in [0.3, 0.4) is 0 Å². The molecular formula is C24H24N4O3. The zero-order valence-electron chi connectivity index (χ0n) is 17.6. The molecule has 3 N–H and O–H groups in total. The SMILES string of the molecule is COc1ccc(NC(=O)C(NC(=O)c2cc3c(cn2)[nH]c2ccccc23)C(C)C)cc1. The minimum Gasteiger partial charge on any atom is -0.497 e. The molecule has 2 aromatic heterocycles. The summed E-state index contributed by atoms with van der Waals surface area (Å²) in [4.78, 5) is 33.3. The molecule has 2 heterocycles. The number of nitrogens with one attached hydrogen (secondary N) is 3. The highest BCUT2D eigenvalue weighted by molar-refractivity contribution is 6.09. The maximum Gasteiger partial charge on any atom is 0.270 e. The number of carbonyl (C=O) groups excluding carboxylic acids is 2. The molecule has 0 spiro atoms. The summed E-state index contributed by atoms with van der Waals surface area (Å²) in [7, 11) is 1.58. The van der Waals surface area contributed by atoms with Gasteiger partial charge in [-0.15, -0.1) is 0 Å². The van der Waals surface area contributed by atoms with Crippen LogP contribution in [0.2, 0.25) is 0 Å². The number of nitrogens with zero attached hydrogens (tertiary/aromatic N) is 1. The lowest BCUT2D eigenvalue weighted by Gasteiger charge is -2.21. The van der Waals surface area contributed by atoms with Gasteiger partial charge in [0.1, 0.15) is 17.5 Å². The van der Waals surface area contributed by atoms with E-state index in [4.69, 9.17) is 4.74 Å². The first kappa shape index (κ1) is 20.4. The van der Waals surface area contributed by atoms with Crippen molar-refractivity contribution in [3.63, 3.8) is 0 Å². The average molecular weight is 416 g/mol. The molecule has 0 saturated carbocycles. The van der Waals surface area contributed by atoms with Crippen LogP contribution in [0.5, 0.6) is 5.75 Å². The van der Waals surface area contributed by atoms with Gasteiger partial charge in [0.25, 0.3) is 5.91 Å². The van der Waals surface area contributed by atoms with Crippen molar-refractivity contribution in [3.05, 3.63) is 66.5 Å². The van der Waals surface area contributed by atoms with Crippen molar-refractivity contribution < 1.29 is 14.3 Å². The van der Waals surface area contributed by atoms with E-state index in [1.165, 1.54) is 0 Å². The monoisotopic (exact) mass is 416 g/mol. The van der Waals surface area contributed by atoms with Crippen molar-refractivity contribution in [2.45, 2.75) is 19.9 Å². The summed E-state index contributed by atoms with van der Waals surface area (Å²) in [5.74, 6) is -0.0954. The smallest absolute Gasteiger partial charge is 0.270 e. The average Bonchev–Trinajstić information content (AvgIpc) is 3.15. The zero-order valence-corrected chi connectivity index (χ0v) is 17.6.